The number of hydrogen-bond donors (Lipinski definition) is 3. The van der Waals surface area contributed by atoms with Gasteiger partial charge in [-0.15, -0.1) is 0 Å². The molecule has 1 aromatic rings. The second-order valence-corrected chi connectivity index (χ2v) is 6.00. The molecule has 5 nitrogen and oxygen atoms in total. The van der Waals surface area contributed by atoms with E-state index in [1.807, 2.05) is 6.92 Å². The van der Waals surface area contributed by atoms with E-state index in [4.69, 9.17) is 5.84 Å². The molecular weight excluding hydrogens is 262 g/mol. The van der Waals surface area contributed by atoms with Crippen LogP contribution in [0.2, 0.25) is 0 Å². The van der Waals surface area contributed by atoms with Gasteiger partial charge in [-0.05, 0) is 19.3 Å². The lowest BCUT2D eigenvalue weighted by molar-refractivity contribution is 0.472. The molecule has 0 saturated carbocycles. The van der Waals surface area contributed by atoms with E-state index in [0.29, 0.717) is 11.7 Å². The molecule has 0 saturated heterocycles. The van der Waals surface area contributed by atoms with Gasteiger partial charge in [0.15, 0.2) is 0 Å². The van der Waals surface area contributed by atoms with E-state index in [0.717, 1.165) is 23.8 Å². The zero-order chi connectivity index (χ0) is 15.8. The lowest BCUT2D eigenvalue weighted by Gasteiger charge is -2.19. The normalized spacial score (nSPS) is 12.5. The summed E-state index contributed by atoms with van der Waals surface area (Å²) < 4.78 is 0. The summed E-state index contributed by atoms with van der Waals surface area (Å²) in [6.45, 7) is 11.6. The SMILES string of the molecule is CCCCC(CC)CNc1nc(C(C)C)nc(NN)c1C. The zero-order valence-corrected chi connectivity index (χ0v) is 14.2. The maximum absolute atomic E-state index is 5.57. The highest BCUT2D eigenvalue weighted by Crippen LogP contribution is 2.23. The Morgan fingerprint density at radius 3 is 2.33 bits per heavy atom. The van der Waals surface area contributed by atoms with Crippen LogP contribution in [0.25, 0.3) is 0 Å². The molecule has 1 aromatic heterocycles. The Hall–Kier alpha value is -1.36. The highest BCUT2D eigenvalue weighted by Gasteiger charge is 2.13. The Balaban J connectivity index is 2.83. The number of nitrogens with two attached hydrogens (primary N) is 1. The summed E-state index contributed by atoms with van der Waals surface area (Å²) >= 11 is 0. The van der Waals surface area contributed by atoms with Crippen molar-refractivity contribution in [2.45, 2.75) is 66.2 Å². The van der Waals surface area contributed by atoms with Crippen molar-refractivity contribution < 1.29 is 0 Å². The molecule has 0 aliphatic heterocycles. The second kappa shape index (κ2) is 8.82. The topological polar surface area (TPSA) is 75.9 Å². The smallest absolute Gasteiger partial charge is 0.148 e. The van der Waals surface area contributed by atoms with Crippen LogP contribution in [0.15, 0.2) is 0 Å². The molecule has 1 atom stereocenters. The Morgan fingerprint density at radius 2 is 1.81 bits per heavy atom. The third-order valence-electron chi connectivity index (χ3n) is 3.92. The average molecular weight is 293 g/mol. The minimum Gasteiger partial charge on any atom is -0.369 e. The molecule has 5 heteroatoms. The summed E-state index contributed by atoms with van der Waals surface area (Å²) in [7, 11) is 0. The molecule has 0 aromatic carbocycles. The molecule has 1 unspecified atom stereocenters. The van der Waals surface area contributed by atoms with Crippen LogP contribution < -0.4 is 16.6 Å². The molecule has 1 rings (SSSR count). The number of aromatic nitrogens is 2. The van der Waals surface area contributed by atoms with Gasteiger partial charge in [0, 0.05) is 18.0 Å². The van der Waals surface area contributed by atoms with Crippen molar-refractivity contribution in [2.24, 2.45) is 11.8 Å². The van der Waals surface area contributed by atoms with Gasteiger partial charge in [0.25, 0.3) is 0 Å². The maximum Gasteiger partial charge on any atom is 0.148 e. The van der Waals surface area contributed by atoms with Crippen LogP contribution in [-0.2, 0) is 0 Å². The Bertz CT molecular complexity index is 431. The fourth-order valence-electron chi connectivity index (χ4n) is 2.29. The fourth-order valence-corrected chi connectivity index (χ4v) is 2.29. The summed E-state index contributed by atoms with van der Waals surface area (Å²) in [5, 5.41) is 3.50. The van der Waals surface area contributed by atoms with Crippen molar-refractivity contribution in [1.29, 1.82) is 0 Å². The molecule has 0 radical (unpaired) electrons. The molecule has 120 valence electrons. The van der Waals surface area contributed by atoms with Gasteiger partial charge < -0.3 is 10.7 Å². The van der Waals surface area contributed by atoms with Crippen LogP contribution in [0.4, 0.5) is 11.6 Å². The van der Waals surface area contributed by atoms with Crippen LogP contribution in [0.5, 0.6) is 0 Å². The number of nitrogen functional groups attached to an aromatic ring is 1. The number of nitrogens with zero attached hydrogens (tertiary/aromatic N) is 2. The van der Waals surface area contributed by atoms with Crippen molar-refractivity contribution in [2.75, 3.05) is 17.3 Å². The van der Waals surface area contributed by atoms with Gasteiger partial charge in [-0.1, -0.05) is 47.0 Å². The largest absolute Gasteiger partial charge is 0.369 e. The van der Waals surface area contributed by atoms with Crippen molar-refractivity contribution in [3.63, 3.8) is 0 Å². The second-order valence-electron chi connectivity index (χ2n) is 6.00. The minimum absolute atomic E-state index is 0.278. The molecule has 0 aliphatic rings. The predicted molar refractivity (Wildman–Crippen MR) is 90.5 cm³/mol. The van der Waals surface area contributed by atoms with E-state index in [-0.39, 0.29) is 5.92 Å². The van der Waals surface area contributed by atoms with Gasteiger partial charge in [-0.3, -0.25) is 0 Å². The van der Waals surface area contributed by atoms with Crippen LogP contribution in [-0.4, -0.2) is 16.5 Å². The van der Waals surface area contributed by atoms with Crippen molar-refractivity contribution >= 4 is 11.6 Å². The first-order valence-corrected chi connectivity index (χ1v) is 8.12. The van der Waals surface area contributed by atoms with Gasteiger partial charge in [0.2, 0.25) is 0 Å². The Labute approximate surface area is 129 Å². The Morgan fingerprint density at radius 1 is 1.14 bits per heavy atom. The molecular formula is C16H31N5. The molecule has 0 spiro atoms. The van der Waals surface area contributed by atoms with E-state index in [2.05, 4.69) is 48.4 Å². The van der Waals surface area contributed by atoms with Gasteiger partial charge in [-0.25, -0.2) is 15.8 Å². The van der Waals surface area contributed by atoms with E-state index < -0.39 is 0 Å². The van der Waals surface area contributed by atoms with E-state index >= 15 is 0 Å². The number of hydrogen-bond acceptors (Lipinski definition) is 5. The number of unbranched alkanes of at least 4 members (excludes halogenated alkanes) is 1. The van der Waals surface area contributed by atoms with Gasteiger partial charge in [0.1, 0.15) is 17.5 Å². The first-order chi connectivity index (χ1) is 10.0. The highest BCUT2D eigenvalue weighted by atomic mass is 15.3. The van der Waals surface area contributed by atoms with Crippen LogP contribution in [0, 0.1) is 12.8 Å². The number of nitrogens with one attached hydrogen (secondary N) is 2. The van der Waals surface area contributed by atoms with Crippen LogP contribution in [0.3, 0.4) is 0 Å². The first-order valence-electron chi connectivity index (χ1n) is 8.12. The van der Waals surface area contributed by atoms with Crippen molar-refractivity contribution in [3.8, 4) is 0 Å². The summed E-state index contributed by atoms with van der Waals surface area (Å²) in [5.74, 6) is 8.96. The summed E-state index contributed by atoms with van der Waals surface area (Å²) in [4.78, 5) is 9.11. The third kappa shape index (κ3) is 5.16. The van der Waals surface area contributed by atoms with Gasteiger partial charge >= 0.3 is 0 Å². The van der Waals surface area contributed by atoms with Gasteiger partial charge in [0.05, 0.1) is 0 Å². The average Bonchev–Trinajstić information content (AvgIpc) is 2.48. The number of anilines is 2. The van der Waals surface area contributed by atoms with E-state index in [1.165, 1.54) is 25.7 Å². The number of rotatable bonds is 9. The standard InChI is InChI=1S/C16H31N5/c1-6-8-9-13(7-2)10-18-15-12(5)16(21-17)20-14(19-15)11(3)4/h11,13H,6-10,17H2,1-5H3,(H2,18,19,20,21). The fraction of sp³-hybridized carbons (Fsp3) is 0.750. The first kappa shape index (κ1) is 17.7. The molecule has 0 aliphatic carbocycles. The zero-order valence-electron chi connectivity index (χ0n) is 14.2. The van der Waals surface area contributed by atoms with E-state index in [9.17, 15) is 0 Å². The monoisotopic (exact) mass is 293 g/mol. The van der Waals surface area contributed by atoms with E-state index in [1.54, 1.807) is 0 Å². The quantitative estimate of drug-likeness (QED) is 0.476. The lowest BCUT2D eigenvalue weighted by atomic mass is 9.99. The summed E-state index contributed by atoms with van der Waals surface area (Å²) in [6, 6.07) is 0. The Kier molecular flexibility index (Phi) is 7.43. The van der Waals surface area contributed by atoms with Crippen LogP contribution in [0.1, 0.15) is 70.7 Å². The molecule has 0 bridgehead atoms. The molecule has 0 fully saturated rings. The summed E-state index contributed by atoms with van der Waals surface area (Å²) in [6.07, 6.45) is 5.00. The number of hydrazine groups is 1. The van der Waals surface area contributed by atoms with Crippen LogP contribution >= 0.6 is 0 Å². The minimum atomic E-state index is 0.278. The predicted octanol–water partition coefficient (Wildman–Crippen LogP) is 3.82. The van der Waals surface area contributed by atoms with Crippen molar-refractivity contribution in [1.82, 2.24) is 9.97 Å². The summed E-state index contributed by atoms with van der Waals surface area (Å²) in [5.41, 5.74) is 3.65. The molecule has 4 N–H and O–H groups in total. The van der Waals surface area contributed by atoms with Crippen molar-refractivity contribution in [3.05, 3.63) is 11.4 Å². The highest BCUT2D eigenvalue weighted by molar-refractivity contribution is 5.56. The lowest BCUT2D eigenvalue weighted by Crippen LogP contribution is -2.19. The molecule has 21 heavy (non-hydrogen) atoms. The van der Waals surface area contributed by atoms with Gasteiger partial charge in [-0.2, -0.15) is 0 Å². The third-order valence-corrected chi connectivity index (χ3v) is 3.92. The molecule has 1 heterocycles. The molecule has 0 amide bonds. The maximum atomic E-state index is 5.57.